The first-order valence-electron chi connectivity index (χ1n) is 6.67. The number of nitrogens with zero attached hydrogens (tertiary/aromatic N) is 3. The topological polar surface area (TPSA) is 68.2 Å². The molecule has 3 N–H and O–H groups in total. The second-order valence-corrected chi connectivity index (χ2v) is 4.95. The van der Waals surface area contributed by atoms with Crippen LogP contribution in [0.4, 0.5) is 14.5 Å². The maximum absolute atomic E-state index is 13.5. The number of nitrogens with one attached hydrogen (secondary N) is 1. The SMILES string of the molecule is I.NC(=NC1CCn2ccnc2C1)Nc1cc(F)ccc1F. The van der Waals surface area contributed by atoms with E-state index in [-0.39, 0.29) is 41.7 Å². The molecule has 3 rings (SSSR count). The summed E-state index contributed by atoms with van der Waals surface area (Å²) in [5.41, 5.74) is 5.75. The lowest BCUT2D eigenvalue weighted by atomic mass is 10.1. The molecule has 1 unspecified atom stereocenters. The van der Waals surface area contributed by atoms with Crippen LogP contribution in [-0.4, -0.2) is 21.6 Å². The van der Waals surface area contributed by atoms with E-state index in [4.69, 9.17) is 5.73 Å². The number of anilines is 1. The van der Waals surface area contributed by atoms with Crippen LogP contribution in [0, 0.1) is 11.6 Å². The molecule has 0 aliphatic carbocycles. The summed E-state index contributed by atoms with van der Waals surface area (Å²) < 4.78 is 28.7. The summed E-state index contributed by atoms with van der Waals surface area (Å²) in [5.74, 6) is -0.0793. The molecule has 0 bridgehead atoms. The van der Waals surface area contributed by atoms with Gasteiger partial charge >= 0.3 is 0 Å². The summed E-state index contributed by atoms with van der Waals surface area (Å²) in [6, 6.07) is 3.13. The Balaban J connectivity index is 0.00000176. The van der Waals surface area contributed by atoms with Gasteiger partial charge in [-0.25, -0.2) is 18.8 Å². The van der Waals surface area contributed by atoms with Crippen molar-refractivity contribution in [2.45, 2.75) is 25.4 Å². The van der Waals surface area contributed by atoms with E-state index in [0.717, 1.165) is 37.0 Å². The average molecular weight is 419 g/mol. The van der Waals surface area contributed by atoms with E-state index < -0.39 is 11.6 Å². The van der Waals surface area contributed by atoms with E-state index in [9.17, 15) is 8.78 Å². The standard InChI is InChI=1S/C14H15F2N5.HI/c15-9-1-2-11(16)12(7-9)20-14(17)19-10-3-5-21-6-4-18-13(21)8-10;/h1-2,4,6-7,10H,3,5,8H2,(H3,17,19,20);1H. The highest BCUT2D eigenvalue weighted by Crippen LogP contribution is 2.17. The van der Waals surface area contributed by atoms with Crippen LogP contribution in [0.25, 0.3) is 0 Å². The van der Waals surface area contributed by atoms with E-state index >= 15 is 0 Å². The van der Waals surface area contributed by atoms with E-state index in [1.165, 1.54) is 0 Å². The quantitative estimate of drug-likeness (QED) is 0.447. The minimum Gasteiger partial charge on any atom is -0.370 e. The molecular weight excluding hydrogens is 403 g/mol. The minimum atomic E-state index is -0.575. The molecule has 8 heteroatoms. The number of hydrogen-bond donors (Lipinski definition) is 2. The Bertz CT molecular complexity index is 686. The van der Waals surface area contributed by atoms with Gasteiger partial charge in [-0.1, -0.05) is 0 Å². The zero-order valence-corrected chi connectivity index (χ0v) is 14.0. The second kappa shape index (κ2) is 7.03. The molecule has 1 atom stereocenters. The summed E-state index contributed by atoms with van der Waals surface area (Å²) in [4.78, 5) is 8.57. The van der Waals surface area contributed by atoms with Crippen LogP contribution >= 0.6 is 24.0 Å². The molecule has 0 radical (unpaired) electrons. The van der Waals surface area contributed by atoms with E-state index in [2.05, 4.69) is 19.9 Å². The first kappa shape index (κ1) is 16.7. The van der Waals surface area contributed by atoms with Gasteiger partial charge in [0.2, 0.25) is 0 Å². The summed E-state index contributed by atoms with van der Waals surface area (Å²) in [6.07, 6.45) is 5.20. The number of hydrogen-bond acceptors (Lipinski definition) is 2. The summed E-state index contributed by atoms with van der Waals surface area (Å²) in [7, 11) is 0. The molecule has 1 aliphatic heterocycles. The zero-order chi connectivity index (χ0) is 14.8. The number of guanidine groups is 1. The number of aliphatic imine (C=N–C) groups is 1. The lowest BCUT2D eigenvalue weighted by Crippen LogP contribution is -2.29. The van der Waals surface area contributed by atoms with Crippen molar-refractivity contribution in [3.63, 3.8) is 0 Å². The van der Waals surface area contributed by atoms with Gasteiger partial charge in [-0.05, 0) is 18.6 Å². The summed E-state index contributed by atoms with van der Waals surface area (Å²) in [5, 5.41) is 2.60. The van der Waals surface area contributed by atoms with Crippen LogP contribution in [0.5, 0.6) is 0 Å². The fourth-order valence-electron chi connectivity index (χ4n) is 2.40. The van der Waals surface area contributed by atoms with Crippen LogP contribution in [-0.2, 0) is 13.0 Å². The Morgan fingerprint density at radius 2 is 2.23 bits per heavy atom. The van der Waals surface area contributed by atoms with Crippen molar-refractivity contribution in [2.75, 3.05) is 5.32 Å². The van der Waals surface area contributed by atoms with Crippen LogP contribution in [0.3, 0.4) is 0 Å². The van der Waals surface area contributed by atoms with Gasteiger partial charge in [-0.2, -0.15) is 0 Å². The lowest BCUT2D eigenvalue weighted by Gasteiger charge is -2.20. The maximum Gasteiger partial charge on any atom is 0.193 e. The van der Waals surface area contributed by atoms with Crippen molar-refractivity contribution in [3.8, 4) is 0 Å². The zero-order valence-electron chi connectivity index (χ0n) is 11.7. The third-order valence-corrected chi connectivity index (χ3v) is 3.44. The van der Waals surface area contributed by atoms with Crippen molar-refractivity contribution in [1.82, 2.24) is 9.55 Å². The number of aryl methyl sites for hydroxylation is 1. The smallest absolute Gasteiger partial charge is 0.193 e. The minimum absolute atomic E-state index is 0. The van der Waals surface area contributed by atoms with Crippen LogP contribution in [0.2, 0.25) is 0 Å². The maximum atomic E-state index is 13.5. The second-order valence-electron chi connectivity index (χ2n) is 4.95. The third-order valence-electron chi connectivity index (χ3n) is 3.44. The highest BCUT2D eigenvalue weighted by molar-refractivity contribution is 14.0. The molecule has 2 aromatic rings. The van der Waals surface area contributed by atoms with Gasteiger partial charge in [0.25, 0.3) is 0 Å². The van der Waals surface area contributed by atoms with Crippen molar-refractivity contribution in [3.05, 3.63) is 48.1 Å². The highest BCUT2D eigenvalue weighted by Gasteiger charge is 2.18. The molecule has 0 saturated heterocycles. The number of imidazole rings is 1. The highest BCUT2D eigenvalue weighted by atomic mass is 127. The van der Waals surface area contributed by atoms with Gasteiger partial charge in [-0.3, -0.25) is 0 Å². The molecule has 118 valence electrons. The summed E-state index contributed by atoms with van der Waals surface area (Å²) in [6.45, 7) is 0.825. The Labute approximate surface area is 143 Å². The van der Waals surface area contributed by atoms with Crippen LogP contribution in [0.15, 0.2) is 35.6 Å². The number of fused-ring (bicyclic) bond motifs is 1. The fraction of sp³-hybridized carbons (Fsp3) is 0.286. The van der Waals surface area contributed by atoms with Gasteiger partial charge in [0, 0.05) is 31.4 Å². The number of nitrogens with two attached hydrogens (primary N) is 1. The Hall–Kier alpha value is -1.71. The summed E-state index contributed by atoms with van der Waals surface area (Å²) >= 11 is 0. The number of halogens is 3. The number of aromatic nitrogens is 2. The largest absolute Gasteiger partial charge is 0.370 e. The Morgan fingerprint density at radius 1 is 1.41 bits per heavy atom. The monoisotopic (exact) mass is 419 g/mol. The van der Waals surface area contributed by atoms with Crippen molar-refractivity contribution in [1.29, 1.82) is 0 Å². The first-order chi connectivity index (χ1) is 10.1. The Kier molecular flexibility index (Phi) is 5.33. The molecule has 1 aliphatic rings. The molecule has 0 fully saturated rings. The van der Waals surface area contributed by atoms with Gasteiger partial charge in [0.05, 0.1) is 11.7 Å². The van der Waals surface area contributed by atoms with Gasteiger partial charge in [-0.15, -0.1) is 24.0 Å². The molecule has 1 aromatic heterocycles. The fourth-order valence-corrected chi connectivity index (χ4v) is 2.40. The van der Waals surface area contributed by atoms with E-state index in [1.807, 2.05) is 6.20 Å². The first-order valence-corrected chi connectivity index (χ1v) is 6.67. The number of rotatable bonds is 2. The molecule has 2 heterocycles. The predicted octanol–water partition coefficient (Wildman–Crippen LogP) is 2.52. The number of benzene rings is 1. The van der Waals surface area contributed by atoms with Crippen molar-refractivity contribution >= 4 is 35.6 Å². The lowest BCUT2D eigenvalue weighted by molar-refractivity contribution is 0.465. The molecule has 5 nitrogen and oxygen atoms in total. The van der Waals surface area contributed by atoms with Crippen molar-refractivity contribution < 1.29 is 8.78 Å². The van der Waals surface area contributed by atoms with Gasteiger partial charge < -0.3 is 15.6 Å². The molecular formula is C14H16F2IN5. The Morgan fingerprint density at radius 3 is 3.05 bits per heavy atom. The third kappa shape index (κ3) is 3.73. The van der Waals surface area contributed by atoms with Gasteiger partial charge in [0.15, 0.2) is 5.96 Å². The van der Waals surface area contributed by atoms with Crippen LogP contribution < -0.4 is 11.1 Å². The molecule has 0 spiro atoms. The molecule has 22 heavy (non-hydrogen) atoms. The average Bonchev–Trinajstić information content (AvgIpc) is 2.90. The molecule has 1 aromatic carbocycles. The van der Waals surface area contributed by atoms with Crippen molar-refractivity contribution in [2.24, 2.45) is 10.7 Å². The molecule has 0 saturated carbocycles. The predicted molar refractivity (Wildman–Crippen MR) is 91.4 cm³/mol. The van der Waals surface area contributed by atoms with E-state index in [0.29, 0.717) is 6.42 Å². The molecule has 0 amide bonds. The van der Waals surface area contributed by atoms with Crippen LogP contribution in [0.1, 0.15) is 12.2 Å². The normalized spacial score (nSPS) is 17.5. The van der Waals surface area contributed by atoms with Gasteiger partial charge in [0.1, 0.15) is 17.5 Å². The van der Waals surface area contributed by atoms with E-state index in [1.54, 1.807) is 6.20 Å².